The molecule has 1 unspecified atom stereocenters. The van der Waals surface area contributed by atoms with Gasteiger partial charge in [-0.3, -0.25) is 0 Å². The van der Waals surface area contributed by atoms with Crippen molar-refractivity contribution in [2.75, 3.05) is 6.50 Å². The zero-order chi connectivity index (χ0) is 13.3. The molecule has 0 aromatic rings. The zero-order valence-electron chi connectivity index (χ0n) is 12.7. The second-order valence-corrected chi connectivity index (χ2v) is 1.78. The van der Waals surface area contributed by atoms with Gasteiger partial charge in [0, 0.05) is 27.7 Å². The van der Waals surface area contributed by atoms with E-state index in [0.29, 0.717) is 0 Å². The van der Waals surface area contributed by atoms with Crippen molar-refractivity contribution in [3.63, 3.8) is 0 Å². The number of nitrogens with one attached hydrogen (secondary N) is 1. The molecule has 1 nitrogen and oxygen atoms in total. The molecule has 0 aromatic carbocycles. The second kappa shape index (κ2) is 1.90. The minimum Gasteiger partial charge on any atom is -0.388 e. The lowest BCUT2D eigenvalue weighted by atomic mass is 9.97. The highest BCUT2D eigenvalue weighted by atomic mass is 14.9. The second-order valence-electron chi connectivity index (χ2n) is 1.78. The minimum absolute atomic E-state index is 0.265. The molecule has 48 valence electrons. The van der Waals surface area contributed by atoms with Crippen LogP contribution in [0.1, 0.15) is 22.3 Å². The molecule has 0 aromatic heterocycles. The van der Waals surface area contributed by atoms with Gasteiger partial charge >= 0.3 is 0 Å². The third-order valence-corrected chi connectivity index (χ3v) is 1.19. The third-order valence-electron chi connectivity index (χ3n) is 1.19. The molecular formula is C8H11N. The molecule has 0 saturated carbocycles. The van der Waals surface area contributed by atoms with E-state index in [-0.39, 0.29) is 11.0 Å². The maximum absolute atomic E-state index is 8.06. The summed E-state index contributed by atoms with van der Waals surface area (Å²) in [6, 6.07) is 0. The number of hydrogen-bond acceptors (Lipinski definition) is 1. The van der Waals surface area contributed by atoms with Crippen molar-refractivity contribution in [1.29, 1.82) is 0 Å². The summed E-state index contributed by atoms with van der Waals surface area (Å²) in [4.78, 5) is 0. The van der Waals surface area contributed by atoms with Crippen LogP contribution in [0, 0.1) is 5.89 Å². The highest BCUT2D eigenvalue weighted by molar-refractivity contribution is 5.21. The van der Waals surface area contributed by atoms with Gasteiger partial charge < -0.3 is 5.31 Å². The summed E-state index contributed by atoms with van der Waals surface area (Å²) in [7, 11) is 0. The summed E-state index contributed by atoms with van der Waals surface area (Å²) in [6.45, 7) is -2.75. The maximum Gasteiger partial charge on any atom is 0.160 e. The molecule has 1 N–H and O–H groups in total. The van der Waals surface area contributed by atoms with Crippen LogP contribution in [0.4, 0.5) is 0 Å². The fourth-order valence-electron chi connectivity index (χ4n) is 0.765. The van der Waals surface area contributed by atoms with E-state index in [1.165, 1.54) is 12.2 Å². The summed E-state index contributed by atoms with van der Waals surface area (Å²) < 4.78 is 61.6. The van der Waals surface area contributed by atoms with Gasteiger partial charge in [0.1, 0.15) is 0 Å². The van der Waals surface area contributed by atoms with Crippen LogP contribution in [0.15, 0.2) is 23.9 Å². The van der Waals surface area contributed by atoms with E-state index < -0.39 is 25.1 Å². The molecule has 0 radical (unpaired) electrons. The molecule has 0 amide bonds. The molecule has 1 heterocycles. The van der Waals surface area contributed by atoms with E-state index in [0.717, 1.165) is 6.08 Å². The predicted octanol–water partition coefficient (Wildman–Crippen LogP) is 1.44. The average molecular weight is 129 g/mol. The van der Waals surface area contributed by atoms with Crippen molar-refractivity contribution in [2.45, 2.75) is 12.7 Å². The highest BCUT2D eigenvalue weighted by Gasteiger charge is 2.19. The Morgan fingerprint density at radius 1 is 2.00 bits per heavy atom. The molecule has 0 spiro atoms. The molecule has 1 saturated heterocycles. The van der Waals surface area contributed by atoms with Crippen molar-refractivity contribution < 1.29 is 11.0 Å². The number of allylic oxidation sites excluding steroid dienone is 4. The summed E-state index contributed by atoms with van der Waals surface area (Å²) in [5.74, 6) is -2.46. The monoisotopic (exact) mass is 129 g/mol. The van der Waals surface area contributed by atoms with Crippen LogP contribution < -0.4 is 5.31 Å². The summed E-state index contributed by atoms with van der Waals surface area (Å²) in [5, 5.41) is 0.265. The van der Waals surface area contributed by atoms with Gasteiger partial charge in [0.15, 0.2) is 1.41 Å². The fraction of sp³-hybridized carbons (Fsp3) is 0.500. The van der Waals surface area contributed by atoms with E-state index >= 15 is 0 Å². The van der Waals surface area contributed by atoms with Crippen molar-refractivity contribution in [1.82, 2.24) is 5.31 Å². The fourth-order valence-corrected chi connectivity index (χ4v) is 0.765. The lowest BCUT2D eigenvalue weighted by Crippen LogP contribution is -2.07. The van der Waals surface area contributed by atoms with Gasteiger partial charge in [-0.1, -0.05) is 12.2 Å². The first kappa shape index (κ1) is 1.47. The van der Waals surface area contributed by atoms with Crippen molar-refractivity contribution in [2.24, 2.45) is 5.89 Å². The minimum atomic E-state index is -2.83. The van der Waals surface area contributed by atoms with Gasteiger partial charge in [0.05, 0.1) is 0 Å². The molecule has 1 atom stereocenters. The van der Waals surface area contributed by atoms with Gasteiger partial charge in [-0.05, 0) is 18.8 Å². The SMILES string of the molecule is [2H]N1C2=CC=CC([2H])([2H])C2([2H])C([2H])([2H])C1([2H])[2H]. The van der Waals surface area contributed by atoms with Gasteiger partial charge in [-0.15, -0.1) is 0 Å². The molecule has 1 aliphatic carbocycles. The largest absolute Gasteiger partial charge is 0.388 e. The summed E-state index contributed by atoms with van der Waals surface area (Å²) >= 11 is 0. The van der Waals surface area contributed by atoms with E-state index in [9.17, 15) is 0 Å². The van der Waals surface area contributed by atoms with Crippen LogP contribution in [-0.4, -0.2) is 6.50 Å². The van der Waals surface area contributed by atoms with Gasteiger partial charge in [0.25, 0.3) is 0 Å². The zero-order valence-corrected chi connectivity index (χ0v) is 4.68. The smallest absolute Gasteiger partial charge is 0.160 e. The quantitative estimate of drug-likeness (QED) is 0.522. The predicted molar refractivity (Wildman–Crippen MR) is 37.9 cm³/mol. The molecule has 9 heavy (non-hydrogen) atoms. The van der Waals surface area contributed by atoms with Gasteiger partial charge in [-0.2, -0.15) is 0 Å². The van der Waals surface area contributed by atoms with Crippen LogP contribution in [0.5, 0.6) is 0 Å². The van der Waals surface area contributed by atoms with E-state index in [2.05, 4.69) is 0 Å². The molecule has 1 fully saturated rings. The standard InChI is InChI=1S/C8H11N/c1-2-4-8-7(3-1)5-6-9-8/h1-2,4,7,9H,3,5-6H2/i3D2,5D2,6D2,7D/hD. The topological polar surface area (TPSA) is 12.0 Å². The Balaban J connectivity index is 2.73. The highest BCUT2D eigenvalue weighted by Crippen LogP contribution is 2.25. The van der Waals surface area contributed by atoms with Crippen LogP contribution in [0.3, 0.4) is 0 Å². The number of fused-ring (bicyclic) bond motifs is 1. The Morgan fingerprint density at radius 2 is 3.00 bits per heavy atom. The first-order chi connectivity index (χ1) is 7.50. The maximum atomic E-state index is 8.06. The number of hydrogen-bond donors (Lipinski definition) is 1. The molecule has 0 bridgehead atoms. The lowest BCUT2D eigenvalue weighted by Gasteiger charge is -2.10. The van der Waals surface area contributed by atoms with Crippen LogP contribution in [0.2, 0.25) is 1.41 Å². The normalized spacial score (nSPS) is 70.2. The molecule has 2 rings (SSSR count). The van der Waals surface area contributed by atoms with E-state index in [1.54, 1.807) is 0 Å². The van der Waals surface area contributed by atoms with Crippen molar-refractivity contribution in [3.8, 4) is 0 Å². The van der Waals surface area contributed by atoms with E-state index in [4.69, 9.17) is 11.0 Å². The summed E-state index contributed by atoms with van der Waals surface area (Å²) in [5.41, 5.74) is -0.306. The summed E-state index contributed by atoms with van der Waals surface area (Å²) in [6.07, 6.45) is -1.69. The van der Waals surface area contributed by atoms with Crippen LogP contribution >= 0.6 is 0 Å². The first-order valence-electron chi connectivity index (χ1n) is 6.64. The molecular weight excluding hydrogens is 110 g/mol. The third kappa shape index (κ3) is 0.766. The van der Waals surface area contributed by atoms with Crippen LogP contribution in [0.25, 0.3) is 0 Å². The number of rotatable bonds is 0. The molecule has 2 aliphatic rings. The lowest BCUT2D eigenvalue weighted by molar-refractivity contribution is 0.646. The Hall–Kier alpha value is -0.720. The van der Waals surface area contributed by atoms with Gasteiger partial charge in [-0.25, -0.2) is 0 Å². The first-order valence-corrected chi connectivity index (χ1v) is 2.69. The Labute approximate surface area is 66.8 Å². The van der Waals surface area contributed by atoms with Crippen LogP contribution in [-0.2, 0) is 0 Å². The average Bonchev–Trinajstić information content (AvgIpc) is 2.28. The van der Waals surface area contributed by atoms with Crippen molar-refractivity contribution in [3.05, 3.63) is 23.9 Å². The Kier molecular flexibility index (Phi) is 0.311. The van der Waals surface area contributed by atoms with E-state index in [1.807, 2.05) is 0 Å². The van der Waals surface area contributed by atoms with Crippen molar-refractivity contribution >= 4 is 0 Å². The van der Waals surface area contributed by atoms with Gasteiger partial charge in [0.2, 0.25) is 0 Å². The Bertz CT molecular complexity index is 425. The molecule has 1 aliphatic heterocycles. The molecule has 1 heteroatoms. The Morgan fingerprint density at radius 3 is 3.89 bits per heavy atom.